The Morgan fingerprint density at radius 2 is 2.10 bits per heavy atom. The highest BCUT2D eigenvalue weighted by Crippen LogP contribution is 2.28. The molecule has 0 amide bonds. The van der Waals surface area contributed by atoms with E-state index in [0.29, 0.717) is 20.9 Å². The summed E-state index contributed by atoms with van der Waals surface area (Å²) in [5, 5.41) is 9.61. The largest absolute Gasteiger partial charge is 0.390 e. The van der Waals surface area contributed by atoms with E-state index in [1.165, 1.54) is 12.3 Å². The second kappa shape index (κ2) is 5.77. The van der Waals surface area contributed by atoms with Crippen LogP contribution in [0.25, 0.3) is 0 Å². The number of aliphatic hydroxyl groups is 1. The van der Waals surface area contributed by atoms with E-state index in [0.717, 1.165) is 0 Å². The van der Waals surface area contributed by atoms with Gasteiger partial charge in [-0.25, -0.2) is 8.42 Å². The average Bonchev–Trinajstić information content (AvgIpc) is 2.75. The molecule has 0 aliphatic rings. The highest BCUT2D eigenvalue weighted by molar-refractivity contribution is 9.10. The third-order valence-electron chi connectivity index (χ3n) is 2.73. The van der Waals surface area contributed by atoms with Gasteiger partial charge in [0.05, 0.1) is 12.3 Å². The molecule has 1 aromatic carbocycles. The van der Waals surface area contributed by atoms with E-state index in [9.17, 15) is 8.42 Å². The molecule has 2 aromatic rings. The number of hydrogen-bond donors (Lipinski definition) is 2. The Morgan fingerprint density at radius 3 is 2.65 bits per heavy atom. The first-order valence-corrected chi connectivity index (χ1v) is 8.23. The normalized spacial score (nSPS) is 11.6. The fourth-order valence-electron chi connectivity index (χ4n) is 1.66. The fraction of sp³-hybridized carbons (Fsp3) is 0.167. The van der Waals surface area contributed by atoms with Crippen molar-refractivity contribution in [3.05, 3.63) is 45.7 Å². The summed E-state index contributed by atoms with van der Waals surface area (Å²) in [6.45, 7) is -0.226. The first kappa shape index (κ1) is 15.4. The lowest BCUT2D eigenvalue weighted by atomic mass is 10.3. The lowest BCUT2D eigenvalue weighted by Gasteiger charge is -2.08. The van der Waals surface area contributed by atoms with Crippen LogP contribution in [0.1, 0.15) is 5.69 Å². The van der Waals surface area contributed by atoms with Crippen molar-refractivity contribution >= 4 is 43.2 Å². The van der Waals surface area contributed by atoms with Crippen LogP contribution < -0.4 is 4.72 Å². The maximum absolute atomic E-state index is 12.3. The smallest absolute Gasteiger partial charge is 0.263 e. The van der Waals surface area contributed by atoms with Crippen LogP contribution in [0, 0.1) is 0 Å². The molecule has 0 atom stereocenters. The van der Waals surface area contributed by atoms with Crippen molar-refractivity contribution in [3.8, 4) is 0 Å². The molecule has 0 radical (unpaired) electrons. The highest BCUT2D eigenvalue weighted by atomic mass is 79.9. The van der Waals surface area contributed by atoms with E-state index < -0.39 is 10.0 Å². The first-order chi connectivity index (χ1) is 9.33. The second-order valence-corrected chi connectivity index (χ2v) is 7.14. The molecular formula is C12H12BrClN2O3S. The zero-order chi connectivity index (χ0) is 14.9. The average molecular weight is 380 g/mol. The summed E-state index contributed by atoms with van der Waals surface area (Å²) < 4.78 is 29.1. The molecule has 0 bridgehead atoms. The van der Waals surface area contributed by atoms with Crippen LogP contribution in [0.4, 0.5) is 5.69 Å². The molecule has 0 spiro atoms. The number of nitrogens with one attached hydrogen (secondary N) is 1. The number of sulfonamides is 1. The van der Waals surface area contributed by atoms with Crippen LogP contribution >= 0.6 is 27.5 Å². The van der Waals surface area contributed by atoms with Gasteiger partial charge in [-0.05, 0) is 40.2 Å². The summed E-state index contributed by atoms with van der Waals surface area (Å²) in [6, 6.07) is 6.18. The highest BCUT2D eigenvalue weighted by Gasteiger charge is 2.18. The minimum atomic E-state index is -3.72. The number of anilines is 1. The number of aliphatic hydroxyl groups excluding tert-OH is 1. The molecule has 0 aliphatic heterocycles. The summed E-state index contributed by atoms with van der Waals surface area (Å²) in [5.74, 6) is 0. The van der Waals surface area contributed by atoms with Crippen molar-refractivity contribution in [3.63, 3.8) is 0 Å². The number of halogens is 2. The number of nitrogens with zero attached hydrogens (tertiary/aromatic N) is 1. The Hall–Kier alpha value is -1.02. The summed E-state index contributed by atoms with van der Waals surface area (Å²) in [4.78, 5) is 0.0888. The van der Waals surface area contributed by atoms with Crippen molar-refractivity contribution < 1.29 is 13.5 Å². The van der Waals surface area contributed by atoms with Gasteiger partial charge in [0.2, 0.25) is 0 Å². The van der Waals surface area contributed by atoms with Crippen LogP contribution in [0.15, 0.2) is 39.8 Å². The Morgan fingerprint density at radius 1 is 1.40 bits per heavy atom. The molecule has 1 heterocycles. The van der Waals surface area contributed by atoms with Crippen LogP contribution in [0.2, 0.25) is 5.02 Å². The van der Waals surface area contributed by atoms with Crippen molar-refractivity contribution in [2.45, 2.75) is 11.5 Å². The van der Waals surface area contributed by atoms with Gasteiger partial charge in [0, 0.05) is 28.4 Å². The van der Waals surface area contributed by atoms with Gasteiger partial charge in [-0.2, -0.15) is 0 Å². The third-order valence-corrected chi connectivity index (χ3v) is 4.95. The monoisotopic (exact) mass is 378 g/mol. The molecule has 0 fully saturated rings. The van der Waals surface area contributed by atoms with E-state index in [1.54, 1.807) is 29.8 Å². The third kappa shape index (κ3) is 3.17. The predicted molar refractivity (Wildman–Crippen MR) is 81.3 cm³/mol. The minimum absolute atomic E-state index is 0.0888. The quantitative estimate of drug-likeness (QED) is 0.858. The van der Waals surface area contributed by atoms with Crippen molar-refractivity contribution in [1.82, 2.24) is 4.57 Å². The zero-order valence-corrected chi connectivity index (χ0v) is 13.6. The van der Waals surface area contributed by atoms with Crippen molar-refractivity contribution in [2.24, 2.45) is 7.05 Å². The SMILES string of the molecule is Cn1cc(S(=O)(=O)Nc2ccc(Cl)cc2Br)cc1CO. The molecule has 0 aliphatic carbocycles. The van der Waals surface area contributed by atoms with Crippen molar-refractivity contribution in [2.75, 3.05) is 4.72 Å². The van der Waals surface area contributed by atoms with E-state index in [4.69, 9.17) is 16.7 Å². The van der Waals surface area contributed by atoms with Gasteiger partial charge < -0.3 is 9.67 Å². The molecule has 8 heteroatoms. The lowest BCUT2D eigenvalue weighted by Crippen LogP contribution is -2.12. The van der Waals surface area contributed by atoms with Gasteiger partial charge in [0.1, 0.15) is 4.90 Å². The van der Waals surface area contributed by atoms with Gasteiger partial charge in [0.25, 0.3) is 10.0 Å². The molecule has 0 saturated heterocycles. The predicted octanol–water partition coefficient (Wildman–Crippen LogP) is 2.73. The van der Waals surface area contributed by atoms with Crippen LogP contribution in [0.3, 0.4) is 0 Å². The summed E-state index contributed by atoms with van der Waals surface area (Å²) in [7, 11) is -2.05. The topological polar surface area (TPSA) is 71.3 Å². The van der Waals surface area contributed by atoms with Crippen LogP contribution in [-0.2, 0) is 23.7 Å². The summed E-state index contributed by atoms with van der Waals surface area (Å²) in [6.07, 6.45) is 1.44. The molecule has 5 nitrogen and oxygen atoms in total. The molecule has 2 rings (SSSR count). The standard InChI is InChI=1S/C12H12BrClN2O3S/c1-16-6-10(5-9(16)7-17)20(18,19)15-12-3-2-8(14)4-11(12)13/h2-6,15,17H,7H2,1H3. The number of rotatable bonds is 4. The Labute approximate surface area is 130 Å². The van der Waals surface area contributed by atoms with E-state index in [2.05, 4.69) is 20.7 Å². The number of benzene rings is 1. The number of hydrogen-bond acceptors (Lipinski definition) is 3. The van der Waals surface area contributed by atoms with Crippen LogP contribution in [0.5, 0.6) is 0 Å². The van der Waals surface area contributed by atoms with Gasteiger partial charge in [-0.3, -0.25) is 4.72 Å². The molecule has 20 heavy (non-hydrogen) atoms. The molecule has 1 aromatic heterocycles. The molecule has 108 valence electrons. The second-order valence-electron chi connectivity index (χ2n) is 4.17. The molecule has 2 N–H and O–H groups in total. The van der Waals surface area contributed by atoms with Crippen molar-refractivity contribution in [1.29, 1.82) is 0 Å². The Bertz CT molecular complexity index is 743. The number of aromatic nitrogens is 1. The molecule has 0 saturated carbocycles. The van der Waals surface area contributed by atoms with E-state index >= 15 is 0 Å². The Balaban J connectivity index is 2.35. The van der Waals surface area contributed by atoms with E-state index in [-0.39, 0.29) is 11.5 Å². The molecular weight excluding hydrogens is 368 g/mol. The zero-order valence-electron chi connectivity index (χ0n) is 10.5. The maximum atomic E-state index is 12.3. The summed E-state index contributed by atoms with van der Waals surface area (Å²) in [5.41, 5.74) is 0.907. The Kier molecular flexibility index (Phi) is 4.43. The van der Waals surface area contributed by atoms with Gasteiger partial charge in [-0.15, -0.1) is 0 Å². The number of aryl methyl sites for hydroxylation is 1. The van der Waals surface area contributed by atoms with Gasteiger partial charge in [0.15, 0.2) is 0 Å². The first-order valence-electron chi connectivity index (χ1n) is 5.57. The van der Waals surface area contributed by atoms with Crippen LogP contribution in [-0.4, -0.2) is 18.1 Å². The molecule has 0 unspecified atom stereocenters. The lowest BCUT2D eigenvalue weighted by molar-refractivity contribution is 0.272. The van der Waals surface area contributed by atoms with E-state index in [1.807, 2.05) is 0 Å². The van der Waals surface area contributed by atoms with Gasteiger partial charge >= 0.3 is 0 Å². The summed E-state index contributed by atoms with van der Waals surface area (Å²) >= 11 is 9.06. The fourth-order valence-corrected chi connectivity index (χ4v) is 3.74. The maximum Gasteiger partial charge on any atom is 0.263 e. The van der Waals surface area contributed by atoms with Gasteiger partial charge in [-0.1, -0.05) is 11.6 Å². The minimum Gasteiger partial charge on any atom is -0.390 e.